The van der Waals surface area contributed by atoms with Crippen LogP contribution in [0.5, 0.6) is 0 Å². The number of imidazole rings is 2. The average Bonchev–Trinajstić information content (AvgIpc) is 3.51. The average molecular weight is 442 g/mol. The van der Waals surface area contributed by atoms with Gasteiger partial charge in [-0.05, 0) is 0 Å². The van der Waals surface area contributed by atoms with Gasteiger partial charge in [0, 0.05) is 0 Å². The van der Waals surface area contributed by atoms with Crippen molar-refractivity contribution in [3.63, 3.8) is 0 Å². The lowest BCUT2D eigenvalue weighted by atomic mass is 9.08. The highest BCUT2D eigenvalue weighted by atomic mass is 15.2. The van der Waals surface area contributed by atoms with E-state index in [0.29, 0.717) is 5.82 Å². The Bertz CT molecular complexity index is 1510. The first-order valence-corrected chi connectivity index (χ1v) is 12.3. The van der Waals surface area contributed by atoms with Crippen LogP contribution in [0, 0.1) is 0 Å². The van der Waals surface area contributed by atoms with Gasteiger partial charge in [-0.15, -0.1) is 12.1 Å². The first-order valence-electron chi connectivity index (χ1n) is 12.3. The van der Waals surface area contributed by atoms with Crippen molar-refractivity contribution in [1.29, 1.82) is 0 Å². The highest BCUT2D eigenvalue weighted by Gasteiger charge is 2.65. The van der Waals surface area contributed by atoms with Crippen molar-refractivity contribution in [2.45, 2.75) is 12.1 Å². The lowest BCUT2D eigenvalue weighted by Gasteiger charge is -2.60. The minimum atomic E-state index is -1.31. The minimum Gasteiger partial charge on any atom is -0.450 e. The first-order chi connectivity index (χ1) is 16.7. The Morgan fingerprint density at radius 3 is 1.82 bits per heavy atom. The molecule has 6 heteroatoms. The van der Waals surface area contributed by atoms with Crippen LogP contribution in [0.15, 0.2) is 116 Å². The van der Waals surface area contributed by atoms with Crippen molar-refractivity contribution in [1.82, 2.24) is 9.13 Å². The second-order valence-corrected chi connectivity index (χ2v) is 10.3. The third-order valence-electron chi connectivity index (χ3n) is 8.95. The zero-order valence-electron chi connectivity index (χ0n) is 19.7. The van der Waals surface area contributed by atoms with Crippen molar-refractivity contribution >= 4 is 34.9 Å². The van der Waals surface area contributed by atoms with Crippen LogP contribution in [0.3, 0.4) is 0 Å². The van der Waals surface area contributed by atoms with E-state index in [4.69, 9.17) is 0 Å². The summed E-state index contributed by atoms with van der Waals surface area (Å²) in [7, 11) is 4.44. The fourth-order valence-electron chi connectivity index (χ4n) is 7.88. The maximum atomic E-state index is 2.67. The Labute approximate surface area is 200 Å². The summed E-state index contributed by atoms with van der Waals surface area (Å²) in [4.78, 5) is 0. The summed E-state index contributed by atoms with van der Waals surface area (Å²) in [5.74, 6) is 0.345. The van der Waals surface area contributed by atoms with E-state index in [1.54, 1.807) is 0 Å². The molecule has 3 aromatic carbocycles. The third-order valence-corrected chi connectivity index (χ3v) is 8.95. The molecule has 2 bridgehead atoms. The van der Waals surface area contributed by atoms with Gasteiger partial charge in [-0.25, -0.2) is 0 Å². The molecule has 0 aliphatic carbocycles. The van der Waals surface area contributed by atoms with Gasteiger partial charge in [0.15, 0.2) is 0 Å². The van der Waals surface area contributed by atoms with E-state index in [-0.39, 0.29) is 0 Å². The highest BCUT2D eigenvalue weighted by Crippen LogP contribution is 2.37. The molecule has 0 saturated carbocycles. The summed E-state index contributed by atoms with van der Waals surface area (Å²) in [6.45, 7) is 0. The Balaban J connectivity index is 1.70. The summed E-state index contributed by atoms with van der Waals surface area (Å²) in [6, 6.07) is 33.6. The quantitative estimate of drug-likeness (QED) is 0.369. The Morgan fingerprint density at radius 1 is 0.647 bits per heavy atom. The van der Waals surface area contributed by atoms with Gasteiger partial charge in [-0.2, -0.15) is 10.9 Å². The number of benzene rings is 3. The van der Waals surface area contributed by atoms with Gasteiger partial charge in [-0.3, -0.25) is 9.13 Å². The third kappa shape index (κ3) is 2.21. The zero-order chi connectivity index (χ0) is 22.9. The fourth-order valence-corrected chi connectivity index (χ4v) is 7.88. The largest absolute Gasteiger partial charge is 0.450 e. The van der Waals surface area contributed by atoms with Crippen LogP contribution in [0.2, 0.25) is 6.32 Å². The van der Waals surface area contributed by atoms with Crippen LogP contribution in [-0.2, 0) is 14.1 Å². The van der Waals surface area contributed by atoms with Crippen molar-refractivity contribution in [3.8, 4) is 0 Å². The van der Waals surface area contributed by atoms with Gasteiger partial charge < -0.3 is 8.96 Å². The monoisotopic (exact) mass is 442 g/mol. The van der Waals surface area contributed by atoms with Crippen LogP contribution < -0.4 is 31.3 Å². The Kier molecular flexibility index (Phi) is 3.97. The number of hydrogen-bond donors (Lipinski definition) is 0. The Hall–Kier alpha value is -3.79. The van der Waals surface area contributed by atoms with Crippen LogP contribution in [-0.4, -0.2) is 21.7 Å². The number of rotatable bonds is 3. The standard InChI is InChI=1S/C28H28B2N4/c1-31-19-21-34-27(31)29(24-14-8-4-9-15-24)22-26(23-12-6-3-7-13-23)30(34,25-16-10-5-11-17-25)28-32(2)18-20-33(28)29/h3-21,26H,22H2,1-2H3/t26-,29+,30-/m1/s1. The van der Waals surface area contributed by atoms with Gasteiger partial charge in [0.2, 0.25) is 0 Å². The topological polar surface area (TPSA) is 17.6 Å². The van der Waals surface area contributed by atoms with Crippen LogP contribution in [0.4, 0.5) is 0 Å². The molecule has 5 aromatic rings. The molecule has 3 aliphatic rings. The van der Waals surface area contributed by atoms with Crippen molar-refractivity contribution < 1.29 is 8.96 Å². The van der Waals surface area contributed by atoms with Gasteiger partial charge >= 0.3 is 12.6 Å². The number of hydrogen-bond acceptors (Lipinski definition) is 0. The van der Waals surface area contributed by atoms with Crippen LogP contribution >= 0.6 is 0 Å². The molecule has 2 aromatic heterocycles. The summed E-state index contributed by atoms with van der Waals surface area (Å²) in [5, 5.41) is 0. The molecule has 0 radical (unpaired) electrons. The van der Waals surface area contributed by atoms with E-state index >= 15 is 0 Å². The molecule has 3 atom stereocenters. The predicted molar refractivity (Wildman–Crippen MR) is 139 cm³/mol. The maximum absolute atomic E-state index is 2.67. The van der Waals surface area contributed by atoms with E-state index < -0.39 is 12.6 Å². The maximum Gasteiger partial charge on any atom is 0.326 e. The van der Waals surface area contributed by atoms with Gasteiger partial charge in [0.05, 0.1) is 37.9 Å². The summed E-state index contributed by atoms with van der Waals surface area (Å²) < 4.78 is 10.1. The van der Waals surface area contributed by atoms with Crippen molar-refractivity contribution in [2.75, 3.05) is 0 Å². The molecule has 0 N–H and O–H groups in total. The number of aryl methyl sites for hydroxylation is 2. The molecule has 3 aliphatic heterocycles. The van der Waals surface area contributed by atoms with E-state index in [0.717, 1.165) is 6.32 Å². The van der Waals surface area contributed by atoms with Crippen molar-refractivity contribution in [2.24, 2.45) is 14.1 Å². The molecule has 4 nitrogen and oxygen atoms in total. The zero-order valence-corrected chi connectivity index (χ0v) is 19.7. The van der Waals surface area contributed by atoms with Crippen LogP contribution in [0.25, 0.3) is 0 Å². The van der Waals surface area contributed by atoms with Gasteiger partial charge in [0.1, 0.15) is 12.4 Å². The number of aromatic nitrogens is 4. The molecule has 0 amide bonds. The summed E-state index contributed by atoms with van der Waals surface area (Å²) in [5.41, 5.74) is 7.02. The van der Waals surface area contributed by atoms with E-state index in [9.17, 15) is 0 Å². The SMILES string of the molecule is Cn1cc[n+]2c1[B@@-]1(c3ccccc3)[C@@H](c3ccccc3)C[B@-]2(c2ccccc2)c2n(C)cc[n+]21. The predicted octanol–water partition coefficient (Wildman–Crippen LogP) is 0.805. The lowest BCUT2D eigenvalue weighted by molar-refractivity contribution is -0.586. The summed E-state index contributed by atoms with van der Waals surface area (Å²) >= 11 is 0. The molecule has 0 saturated heterocycles. The van der Waals surface area contributed by atoms with E-state index in [1.807, 2.05) is 0 Å². The van der Waals surface area contributed by atoms with E-state index in [1.165, 1.54) is 27.9 Å². The second-order valence-electron chi connectivity index (χ2n) is 10.3. The number of fused-ring (bicyclic) bond motifs is 1. The van der Waals surface area contributed by atoms with Gasteiger partial charge in [0.25, 0.3) is 0 Å². The molecule has 8 rings (SSSR count). The Morgan fingerprint density at radius 2 is 1.18 bits per heavy atom. The molecule has 34 heavy (non-hydrogen) atoms. The van der Waals surface area contributed by atoms with E-state index in [2.05, 4.69) is 148 Å². The normalized spacial score (nSPS) is 24.6. The van der Waals surface area contributed by atoms with Crippen molar-refractivity contribution in [3.05, 3.63) is 121 Å². The fraction of sp³-hybridized carbons (Fsp3) is 0.143. The molecular formula is C28H28B2N4. The molecule has 0 unspecified atom stereocenters. The summed E-state index contributed by atoms with van der Waals surface area (Å²) in [6.07, 6.45) is 7.72. The first kappa shape index (κ1) is 19.7. The van der Waals surface area contributed by atoms with Gasteiger partial charge in [-0.1, -0.05) is 96.6 Å². The molecule has 0 spiro atoms. The number of nitrogens with zero attached hydrogens (tertiary/aromatic N) is 4. The van der Waals surface area contributed by atoms with Crippen LogP contribution in [0.1, 0.15) is 11.4 Å². The molecule has 166 valence electrons. The molecule has 0 fully saturated rings. The highest BCUT2D eigenvalue weighted by molar-refractivity contribution is 7.05. The molecular weight excluding hydrogens is 414 g/mol. The lowest BCUT2D eigenvalue weighted by Crippen LogP contribution is -3.07. The minimum absolute atomic E-state index is 0.345. The second kappa shape index (κ2) is 6.86. The molecule has 5 heterocycles. The smallest absolute Gasteiger partial charge is 0.326 e.